The molecule has 1 heterocycles. The highest BCUT2D eigenvalue weighted by molar-refractivity contribution is 5.78. The number of para-hydroxylation sites is 1. The summed E-state index contributed by atoms with van der Waals surface area (Å²) < 4.78 is 15.4. The number of carboxylic acid groups (broad SMARTS) is 1. The zero-order valence-corrected chi connectivity index (χ0v) is 12.6. The number of amides is 1. The molecule has 6 nitrogen and oxygen atoms in total. The third kappa shape index (κ3) is 2.96. The summed E-state index contributed by atoms with van der Waals surface area (Å²) in [7, 11) is 0. The summed E-state index contributed by atoms with van der Waals surface area (Å²) in [5.74, 6) is -0.275. The van der Waals surface area contributed by atoms with Gasteiger partial charge < -0.3 is 10.4 Å². The Morgan fingerprint density at radius 2 is 1.92 bits per heavy atom. The Morgan fingerprint density at radius 3 is 2.62 bits per heavy atom. The van der Waals surface area contributed by atoms with Gasteiger partial charge in [-0.1, -0.05) is 24.3 Å². The van der Waals surface area contributed by atoms with E-state index in [1.54, 1.807) is 36.4 Å². The molecule has 122 valence electrons. The van der Waals surface area contributed by atoms with Crippen molar-refractivity contribution in [3.05, 3.63) is 70.5 Å². The van der Waals surface area contributed by atoms with Gasteiger partial charge in [0.2, 0.25) is 0 Å². The molecule has 0 spiro atoms. The average molecular weight is 327 g/mol. The van der Waals surface area contributed by atoms with Crippen LogP contribution in [0.3, 0.4) is 0 Å². The topological polar surface area (TPSA) is 84.2 Å². The minimum absolute atomic E-state index is 0.0868. The second kappa shape index (κ2) is 6.49. The van der Waals surface area contributed by atoms with Gasteiger partial charge in [-0.05, 0) is 24.3 Å². The molecule has 0 aliphatic heterocycles. The molecule has 1 amide bonds. The first-order chi connectivity index (χ1) is 11.6. The lowest BCUT2D eigenvalue weighted by atomic mass is 10.2. The summed E-state index contributed by atoms with van der Waals surface area (Å²) in [4.78, 5) is 27.8. The minimum Gasteiger partial charge on any atom is -0.465 e. The van der Waals surface area contributed by atoms with Crippen molar-refractivity contribution in [2.75, 3.05) is 6.54 Å². The summed E-state index contributed by atoms with van der Waals surface area (Å²) in [5.41, 5.74) is 0.276. The molecule has 7 heteroatoms. The molecule has 0 bridgehead atoms. The van der Waals surface area contributed by atoms with Crippen LogP contribution in [-0.2, 0) is 6.42 Å². The van der Waals surface area contributed by atoms with Crippen LogP contribution >= 0.6 is 0 Å². The molecule has 2 aromatic carbocycles. The molecular formula is C17H14FN3O3. The lowest BCUT2D eigenvalue weighted by molar-refractivity contribution is 0.194. The Balaban J connectivity index is 2.21. The van der Waals surface area contributed by atoms with Gasteiger partial charge in [-0.25, -0.2) is 14.2 Å². The molecule has 3 aromatic rings. The van der Waals surface area contributed by atoms with Crippen LogP contribution < -0.4 is 10.9 Å². The van der Waals surface area contributed by atoms with E-state index in [-0.39, 0.29) is 23.9 Å². The van der Waals surface area contributed by atoms with E-state index in [4.69, 9.17) is 5.11 Å². The second-order valence-corrected chi connectivity index (χ2v) is 5.12. The zero-order valence-electron chi connectivity index (χ0n) is 12.6. The van der Waals surface area contributed by atoms with Crippen LogP contribution in [0.2, 0.25) is 0 Å². The highest BCUT2D eigenvalue weighted by Gasteiger charge is 2.15. The summed E-state index contributed by atoms with van der Waals surface area (Å²) >= 11 is 0. The van der Waals surface area contributed by atoms with E-state index < -0.39 is 17.5 Å². The van der Waals surface area contributed by atoms with Crippen LogP contribution in [0.15, 0.2) is 53.3 Å². The largest absolute Gasteiger partial charge is 0.465 e. The first kappa shape index (κ1) is 15.7. The number of fused-ring (bicyclic) bond motifs is 1. The monoisotopic (exact) mass is 327 g/mol. The fourth-order valence-corrected chi connectivity index (χ4v) is 2.53. The van der Waals surface area contributed by atoms with Gasteiger partial charge in [0.1, 0.15) is 17.0 Å². The Bertz CT molecular complexity index is 954. The van der Waals surface area contributed by atoms with Crippen molar-refractivity contribution < 1.29 is 14.3 Å². The van der Waals surface area contributed by atoms with Gasteiger partial charge >= 0.3 is 6.09 Å². The van der Waals surface area contributed by atoms with Crippen LogP contribution in [0.5, 0.6) is 0 Å². The lowest BCUT2D eigenvalue weighted by Crippen LogP contribution is -2.29. The van der Waals surface area contributed by atoms with Crippen LogP contribution in [0.1, 0.15) is 5.82 Å². The van der Waals surface area contributed by atoms with Crippen LogP contribution in [0.4, 0.5) is 9.18 Å². The molecule has 0 unspecified atom stereocenters. The van der Waals surface area contributed by atoms with Crippen molar-refractivity contribution in [1.29, 1.82) is 0 Å². The molecule has 1 aromatic heterocycles. The van der Waals surface area contributed by atoms with Crippen molar-refractivity contribution in [1.82, 2.24) is 14.9 Å². The summed E-state index contributed by atoms with van der Waals surface area (Å²) in [6.07, 6.45) is -0.960. The number of hydrogen-bond donors (Lipinski definition) is 2. The molecule has 0 fully saturated rings. The maximum absolute atomic E-state index is 14.1. The summed E-state index contributed by atoms with van der Waals surface area (Å²) in [5, 5.41) is 10.8. The third-order valence-electron chi connectivity index (χ3n) is 3.56. The van der Waals surface area contributed by atoms with E-state index in [9.17, 15) is 14.0 Å². The predicted octanol–water partition coefficient (Wildman–Crippen LogP) is 2.33. The Morgan fingerprint density at radius 1 is 1.17 bits per heavy atom. The number of nitrogens with one attached hydrogen (secondary N) is 1. The second-order valence-electron chi connectivity index (χ2n) is 5.12. The molecule has 0 radical (unpaired) electrons. The van der Waals surface area contributed by atoms with Gasteiger partial charge in [-0.2, -0.15) is 0 Å². The Hall–Kier alpha value is -3.22. The van der Waals surface area contributed by atoms with E-state index in [0.29, 0.717) is 11.5 Å². The van der Waals surface area contributed by atoms with Gasteiger partial charge in [0, 0.05) is 13.0 Å². The minimum atomic E-state index is -1.16. The third-order valence-corrected chi connectivity index (χ3v) is 3.56. The van der Waals surface area contributed by atoms with E-state index >= 15 is 0 Å². The standard InChI is InChI=1S/C17H14FN3O3/c18-12-7-4-8-13-15(12)16(22)21(11-5-2-1-3-6-11)14(20-13)9-10-19-17(23)24/h1-8,19H,9-10H2,(H,23,24). The van der Waals surface area contributed by atoms with Crippen LogP contribution in [0.25, 0.3) is 16.6 Å². The van der Waals surface area contributed by atoms with E-state index in [0.717, 1.165) is 0 Å². The first-order valence-electron chi connectivity index (χ1n) is 7.30. The van der Waals surface area contributed by atoms with Crippen molar-refractivity contribution in [2.45, 2.75) is 6.42 Å². The van der Waals surface area contributed by atoms with Crippen LogP contribution in [0, 0.1) is 5.82 Å². The predicted molar refractivity (Wildman–Crippen MR) is 87.0 cm³/mol. The van der Waals surface area contributed by atoms with Gasteiger partial charge in [-0.15, -0.1) is 0 Å². The van der Waals surface area contributed by atoms with Crippen molar-refractivity contribution in [2.24, 2.45) is 0 Å². The fraction of sp³-hybridized carbons (Fsp3) is 0.118. The fourth-order valence-electron chi connectivity index (χ4n) is 2.53. The van der Waals surface area contributed by atoms with Crippen molar-refractivity contribution in [3.63, 3.8) is 0 Å². The molecule has 0 aliphatic carbocycles. The number of carbonyl (C=O) groups is 1. The van der Waals surface area contributed by atoms with Gasteiger partial charge in [-0.3, -0.25) is 9.36 Å². The normalized spacial score (nSPS) is 10.7. The van der Waals surface area contributed by atoms with E-state index in [2.05, 4.69) is 10.3 Å². The quantitative estimate of drug-likeness (QED) is 0.770. The SMILES string of the molecule is O=C(O)NCCc1nc2cccc(F)c2c(=O)n1-c1ccccc1. The summed E-state index contributed by atoms with van der Waals surface area (Å²) in [6.45, 7) is 0.0927. The number of halogens is 1. The molecule has 2 N–H and O–H groups in total. The number of benzene rings is 2. The Kier molecular flexibility index (Phi) is 4.24. The molecule has 0 saturated heterocycles. The molecule has 0 saturated carbocycles. The zero-order chi connectivity index (χ0) is 17.1. The number of hydrogen-bond acceptors (Lipinski definition) is 3. The number of rotatable bonds is 4. The maximum atomic E-state index is 14.1. The molecule has 3 rings (SSSR count). The van der Waals surface area contributed by atoms with Crippen LogP contribution in [-0.4, -0.2) is 27.3 Å². The summed E-state index contributed by atoms with van der Waals surface area (Å²) in [6, 6.07) is 13.0. The molecule has 0 atom stereocenters. The van der Waals surface area contributed by atoms with Gasteiger partial charge in [0.05, 0.1) is 11.2 Å². The van der Waals surface area contributed by atoms with Crippen molar-refractivity contribution in [3.8, 4) is 5.69 Å². The van der Waals surface area contributed by atoms with Gasteiger partial charge in [0.15, 0.2) is 0 Å². The van der Waals surface area contributed by atoms with E-state index in [1.165, 1.54) is 16.7 Å². The Labute approximate surface area is 136 Å². The molecule has 24 heavy (non-hydrogen) atoms. The average Bonchev–Trinajstić information content (AvgIpc) is 2.55. The first-order valence-corrected chi connectivity index (χ1v) is 7.30. The molecular weight excluding hydrogens is 313 g/mol. The van der Waals surface area contributed by atoms with Crippen molar-refractivity contribution >= 4 is 17.0 Å². The maximum Gasteiger partial charge on any atom is 0.404 e. The lowest BCUT2D eigenvalue weighted by Gasteiger charge is -2.14. The van der Waals surface area contributed by atoms with Gasteiger partial charge in [0.25, 0.3) is 5.56 Å². The highest BCUT2D eigenvalue weighted by Crippen LogP contribution is 2.15. The highest BCUT2D eigenvalue weighted by atomic mass is 19.1. The number of aromatic nitrogens is 2. The molecule has 0 aliphatic rings. The smallest absolute Gasteiger partial charge is 0.404 e. The van der Waals surface area contributed by atoms with E-state index in [1.807, 2.05) is 0 Å². The number of nitrogens with zero attached hydrogens (tertiary/aromatic N) is 2.